The molecular formula is C14H18FN3O. The van der Waals surface area contributed by atoms with E-state index in [-0.39, 0.29) is 12.4 Å². The lowest BCUT2D eigenvalue weighted by Gasteiger charge is -2.26. The Bertz CT molecular complexity index is 575. The lowest BCUT2D eigenvalue weighted by atomic mass is 10.1. The third-order valence-corrected chi connectivity index (χ3v) is 3.73. The fourth-order valence-corrected chi connectivity index (χ4v) is 2.87. The van der Waals surface area contributed by atoms with Gasteiger partial charge in [-0.2, -0.15) is 0 Å². The lowest BCUT2D eigenvalue weighted by molar-refractivity contribution is 0.289. The summed E-state index contributed by atoms with van der Waals surface area (Å²) in [7, 11) is 0. The van der Waals surface area contributed by atoms with Crippen molar-refractivity contribution in [2.24, 2.45) is 0 Å². The molecule has 0 bridgehead atoms. The van der Waals surface area contributed by atoms with Crippen LogP contribution >= 0.6 is 0 Å². The number of nitrogens with zero attached hydrogens (tertiary/aromatic N) is 2. The molecule has 0 radical (unpaired) electrons. The fraction of sp³-hybridized carbons (Fsp3) is 0.500. The standard InChI is InChI=1S/C14H18FN3O/c15-10-1-2-13-12(9-10)17-14(5-8-19)18(13)11-3-6-16-7-4-11/h1-2,9,11,16,19H,3-8H2. The van der Waals surface area contributed by atoms with Crippen molar-refractivity contribution in [3.63, 3.8) is 0 Å². The molecule has 1 aromatic heterocycles. The molecule has 5 heteroatoms. The molecule has 3 rings (SSSR count). The first-order chi connectivity index (χ1) is 9.29. The summed E-state index contributed by atoms with van der Waals surface area (Å²) < 4.78 is 15.5. The maximum Gasteiger partial charge on any atom is 0.125 e. The van der Waals surface area contributed by atoms with Crippen LogP contribution in [0.5, 0.6) is 0 Å². The number of hydrogen-bond donors (Lipinski definition) is 2. The van der Waals surface area contributed by atoms with Crippen LogP contribution < -0.4 is 5.32 Å². The van der Waals surface area contributed by atoms with E-state index in [4.69, 9.17) is 0 Å². The quantitative estimate of drug-likeness (QED) is 0.885. The highest BCUT2D eigenvalue weighted by molar-refractivity contribution is 5.76. The molecular weight excluding hydrogens is 245 g/mol. The normalized spacial score (nSPS) is 17.2. The first kappa shape index (κ1) is 12.6. The molecule has 19 heavy (non-hydrogen) atoms. The van der Waals surface area contributed by atoms with Crippen LogP contribution in [0.15, 0.2) is 18.2 Å². The Morgan fingerprint density at radius 3 is 2.89 bits per heavy atom. The molecule has 4 nitrogen and oxygen atoms in total. The average molecular weight is 263 g/mol. The monoisotopic (exact) mass is 263 g/mol. The van der Waals surface area contributed by atoms with E-state index in [1.807, 2.05) is 0 Å². The molecule has 0 spiro atoms. The lowest BCUT2D eigenvalue weighted by Crippen LogP contribution is -2.30. The van der Waals surface area contributed by atoms with Crippen LogP contribution in [-0.2, 0) is 6.42 Å². The van der Waals surface area contributed by atoms with Crippen LogP contribution in [-0.4, -0.2) is 34.4 Å². The summed E-state index contributed by atoms with van der Waals surface area (Å²) in [5, 5.41) is 12.5. The Labute approximate surface area is 111 Å². The van der Waals surface area contributed by atoms with Gasteiger partial charge in [-0.1, -0.05) is 0 Å². The molecule has 0 amide bonds. The number of hydrogen-bond acceptors (Lipinski definition) is 3. The highest BCUT2D eigenvalue weighted by Crippen LogP contribution is 2.27. The molecule has 2 heterocycles. The molecule has 0 atom stereocenters. The topological polar surface area (TPSA) is 50.1 Å². The minimum Gasteiger partial charge on any atom is -0.396 e. The maximum absolute atomic E-state index is 13.3. The van der Waals surface area contributed by atoms with Crippen LogP contribution in [0.2, 0.25) is 0 Å². The number of benzene rings is 1. The Balaban J connectivity index is 2.09. The van der Waals surface area contributed by atoms with Crippen molar-refractivity contribution in [1.82, 2.24) is 14.9 Å². The van der Waals surface area contributed by atoms with Crippen LogP contribution in [0.4, 0.5) is 4.39 Å². The van der Waals surface area contributed by atoms with Gasteiger partial charge in [-0.05, 0) is 38.1 Å². The SMILES string of the molecule is OCCc1nc2cc(F)ccc2n1C1CCNCC1. The van der Waals surface area contributed by atoms with Crippen molar-refractivity contribution < 1.29 is 9.50 Å². The number of nitrogens with one attached hydrogen (secondary N) is 1. The third-order valence-electron chi connectivity index (χ3n) is 3.73. The highest BCUT2D eigenvalue weighted by atomic mass is 19.1. The van der Waals surface area contributed by atoms with Crippen molar-refractivity contribution in [2.75, 3.05) is 19.7 Å². The van der Waals surface area contributed by atoms with Gasteiger partial charge in [-0.25, -0.2) is 9.37 Å². The molecule has 1 aliphatic heterocycles. The number of halogens is 1. The van der Waals surface area contributed by atoms with Gasteiger partial charge in [0.25, 0.3) is 0 Å². The summed E-state index contributed by atoms with van der Waals surface area (Å²) in [6, 6.07) is 5.12. The summed E-state index contributed by atoms with van der Waals surface area (Å²) in [5.41, 5.74) is 1.65. The van der Waals surface area contributed by atoms with Gasteiger partial charge in [0.1, 0.15) is 11.6 Å². The number of fused-ring (bicyclic) bond motifs is 1. The molecule has 0 unspecified atom stereocenters. The van der Waals surface area contributed by atoms with Gasteiger partial charge >= 0.3 is 0 Å². The number of aliphatic hydroxyl groups is 1. The van der Waals surface area contributed by atoms with Crippen molar-refractivity contribution in [3.8, 4) is 0 Å². The Hall–Kier alpha value is -1.46. The van der Waals surface area contributed by atoms with Crippen molar-refractivity contribution in [1.29, 1.82) is 0 Å². The Kier molecular flexibility index (Phi) is 3.48. The van der Waals surface area contributed by atoms with Gasteiger partial charge in [-0.3, -0.25) is 0 Å². The van der Waals surface area contributed by atoms with Crippen LogP contribution in [0.25, 0.3) is 11.0 Å². The molecule has 1 aromatic carbocycles. The zero-order valence-corrected chi connectivity index (χ0v) is 10.8. The van der Waals surface area contributed by atoms with E-state index in [1.54, 1.807) is 6.07 Å². The van der Waals surface area contributed by atoms with Crippen molar-refractivity contribution in [3.05, 3.63) is 29.8 Å². The summed E-state index contributed by atoms with van der Waals surface area (Å²) >= 11 is 0. The van der Waals surface area contributed by atoms with Crippen molar-refractivity contribution >= 4 is 11.0 Å². The van der Waals surface area contributed by atoms with E-state index in [2.05, 4.69) is 14.9 Å². The molecule has 1 fully saturated rings. The van der Waals surface area contributed by atoms with E-state index < -0.39 is 0 Å². The van der Waals surface area contributed by atoms with Crippen LogP contribution in [0, 0.1) is 5.82 Å². The van der Waals surface area contributed by atoms with Gasteiger partial charge in [0.2, 0.25) is 0 Å². The van der Waals surface area contributed by atoms with Gasteiger partial charge < -0.3 is 15.0 Å². The number of imidazole rings is 1. The molecule has 102 valence electrons. The van der Waals surface area contributed by atoms with E-state index in [0.29, 0.717) is 18.0 Å². The van der Waals surface area contributed by atoms with Crippen LogP contribution in [0.3, 0.4) is 0 Å². The van der Waals surface area contributed by atoms with Gasteiger partial charge in [-0.15, -0.1) is 0 Å². The first-order valence-corrected chi connectivity index (χ1v) is 6.77. The third kappa shape index (κ3) is 2.35. The number of piperidine rings is 1. The molecule has 1 saturated heterocycles. The maximum atomic E-state index is 13.3. The highest BCUT2D eigenvalue weighted by Gasteiger charge is 2.21. The summed E-state index contributed by atoms with van der Waals surface area (Å²) in [5.74, 6) is 0.591. The molecule has 2 aromatic rings. The second-order valence-electron chi connectivity index (χ2n) is 4.99. The van der Waals surface area contributed by atoms with E-state index in [9.17, 15) is 9.50 Å². The molecule has 1 aliphatic rings. The first-order valence-electron chi connectivity index (χ1n) is 6.77. The van der Waals surface area contributed by atoms with Gasteiger partial charge in [0.05, 0.1) is 17.6 Å². The Morgan fingerprint density at radius 1 is 1.37 bits per heavy atom. The molecule has 0 aliphatic carbocycles. The number of aromatic nitrogens is 2. The Morgan fingerprint density at radius 2 is 2.16 bits per heavy atom. The van der Waals surface area contributed by atoms with Gasteiger partial charge in [0, 0.05) is 18.5 Å². The van der Waals surface area contributed by atoms with E-state index >= 15 is 0 Å². The van der Waals surface area contributed by atoms with Crippen molar-refractivity contribution in [2.45, 2.75) is 25.3 Å². The predicted octanol–water partition coefficient (Wildman–Crippen LogP) is 1.63. The number of rotatable bonds is 3. The zero-order chi connectivity index (χ0) is 13.2. The largest absolute Gasteiger partial charge is 0.396 e. The van der Waals surface area contributed by atoms with E-state index in [1.165, 1.54) is 12.1 Å². The average Bonchev–Trinajstić information content (AvgIpc) is 2.77. The van der Waals surface area contributed by atoms with Gasteiger partial charge in [0.15, 0.2) is 0 Å². The zero-order valence-electron chi connectivity index (χ0n) is 10.8. The molecule has 0 saturated carbocycles. The van der Waals surface area contributed by atoms with Crippen LogP contribution in [0.1, 0.15) is 24.7 Å². The van der Waals surface area contributed by atoms with E-state index in [0.717, 1.165) is 37.3 Å². The summed E-state index contributed by atoms with van der Waals surface area (Å²) in [6.45, 7) is 2.05. The summed E-state index contributed by atoms with van der Waals surface area (Å²) in [4.78, 5) is 4.48. The molecule has 2 N–H and O–H groups in total. The predicted molar refractivity (Wildman–Crippen MR) is 71.6 cm³/mol. The smallest absolute Gasteiger partial charge is 0.125 e. The second-order valence-corrected chi connectivity index (χ2v) is 4.99. The second kappa shape index (κ2) is 5.27. The summed E-state index contributed by atoms with van der Waals surface area (Å²) in [6.07, 6.45) is 2.60. The minimum absolute atomic E-state index is 0.0662. The number of aliphatic hydroxyl groups excluding tert-OH is 1. The fourth-order valence-electron chi connectivity index (χ4n) is 2.87. The minimum atomic E-state index is -0.266.